The fourth-order valence-corrected chi connectivity index (χ4v) is 0.269. The van der Waals surface area contributed by atoms with Crippen molar-refractivity contribution in [3.8, 4) is 0 Å². The van der Waals surface area contributed by atoms with Gasteiger partial charge in [0.05, 0.1) is 5.84 Å². The van der Waals surface area contributed by atoms with E-state index >= 15 is 0 Å². The first kappa shape index (κ1) is 17.1. The van der Waals surface area contributed by atoms with Crippen molar-refractivity contribution in [1.29, 1.82) is 5.41 Å². The van der Waals surface area contributed by atoms with Crippen LogP contribution in [0.5, 0.6) is 0 Å². The van der Waals surface area contributed by atoms with Gasteiger partial charge in [-0.2, -0.15) is 0 Å². The first-order valence-electron chi connectivity index (χ1n) is 3.36. The van der Waals surface area contributed by atoms with Gasteiger partial charge in [0, 0.05) is 13.3 Å². The van der Waals surface area contributed by atoms with Gasteiger partial charge >= 0.3 is 0 Å². The van der Waals surface area contributed by atoms with Gasteiger partial charge in [-0.1, -0.05) is 6.92 Å². The monoisotopic (exact) mass is 178 g/mol. The number of aliphatic carboxylic acids is 1. The molecule has 0 rings (SSSR count). The van der Waals surface area contributed by atoms with Crippen LogP contribution in [0.15, 0.2) is 0 Å². The number of carbonyl (C=O) groups is 1. The molecular formula is C6H18N4O2. The third kappa shape index (κ3) is 158. The normalized spacial score (nSPS) is 6.67. The van der Waals surface area contributed by atoms with Crippen LogP contribution in [0.4, 0.5) is 0 Å². The zero-order valence-electron chi connectivity index (χ0n) is 7.50. The lowest BCUT2D eigenvalue weighted by molar-refractivity contribution is -0.134. The number of carboxylic acids is 1. The molecule has 8 N–H and O–H groups in total. The summed E-state index contributed by atoms with van der Waals surface area (Å²) in [5, 5.41) is 14.1. The van der Waals surface area contributed by atoms with Gasteiger partial charge in [0.2, 0.25) is 0 Å². The van der Waals surface area contributed by atoms with E-state index in [4.69, 9.17) is 21.0 Å². The molecule has 0 saturated heterocycles. The second-order valence-corrected chi connectivity index (χ2v) is 1.79. The van der Waals surface area contributed by atoms with E-state index in [0.29, 0.717) is 0 Å². The summed E-state index contributed by atoms with van der Waals surface area (Å²) in [7, 11) is 0. The fraction of sp³-hybridized carbons (Fsp3) is 0.667. The molecule has 6 nitrogen and oxygen atoms in total. The van der Waals surface area contributed by atoms with Gasteiger partial charge < -0.3 is 10.8 Å². The molecule has 0 atom stereocenters. The zero-order valence-corrected chi connectivity index (χ0v) is 7.50. The summed E-state index contributed by atoms with van der Waals surface area (Å²) < 4.78 is 0. The Balaban J connectivity index is -0.000000118. The van der Waals surface area contributed by atoms with E-state index in [1.807, 2.05) is 6.92 Å². The van der Waals surface area contributed by atoms with Crippen molar-refractivity contribution in [2.45, 2.75) is 26.7 Å². The number of rotatable bonds is 2. The zero-order chi connectivity index (χ0) is 10.6. The van der Waals surface area contributed by atoms with Crippen LogP contribution in [-0.2, 0) is 4.79 Å². The van der Waals surface area contributed by atoms with Crippen LogP contribution in [0.3, 0.4) is 0 Å². The van der Waals surface area contributed by atoms with Crippen LogP contribution in [0.25, 0.3) is 0 Å². The summed E-state index contributed by atoms with van der Waals surface area (Å²) in [5.74, 6) is 7.46. The Hall–Kier alpha value is -1.14. The van der Waals surface area contributed by atoms with Gasteiger partial charge in [0.25, 0.3) is 5.97 Å². The molecule has 0 aliphatic heterocycles. The van der Waals surface area contributed by atoms with E-state index in [-0.39, 0.29) is 5.84 Å². The van der Waals surface area contributed by atoms with Crippen molar-refractivity contribution < 1.29 is 9.90 Å². The fourth-order valence-electron chi connectivity index (χ4n) is 0.269. The SMILES string of the molecule is CC(=O)O.CCCC(=N)N.NN. The van der Waals surface area contributed by atoms with Crippen LogP contribution in [0.2, 0.25) is 0 Å². The van der Waals surface area contributed by atoms with Crippen molar-refractivity contribution in [3.05, 3.63) is 0 Å². The number of hydrogen-bond acceptors (Lipinski definition) is 4. The molecule has 74 valence electrons. The first-order chi connectivity index (χ1) is 5.50. The molecule has 0 aliphatic rings. The van der Waals surface area contributed by atoms with Crippen molar-refractivity contribution in [2.75, 3.05) is 0 Å². The minimum Gasteiger partial charge on any atom is -0.481 e. The molecule has 6 heteroatoms. The largest absolute Gasteiger partial charge is 0.481 e. The molecule has 0 fully saturated rings. The van der Waals surface area contributed by atoms with E-state index in [9.17, 15) is 0 Å². The van der Waals surface area contributed by atoms with Crippen molar-refractivity contribution in [1.82, 2.24) is 0 Å². The van der Waals surface area contributed by atoms with Crippen molar-refractivity contribution in [3.63, 3.8) is 0 Å². The summed E-state index contributed by atoms with van der Waals surface area (Å²) in [6.07, 6.45) is 1.72. The maximum Gasteiger partial charge on any atom is 0.300 e. The number of carboxylic acid groups (broad SMARTS) is 1. The lowest BCUT2D eigenvalue weighted by atomic mass is 10.3. The third-order valence-corrected chi connectivity index (χ3v) is 0.519. The molecule has 12 heavy (non-hydrogen) atoms. The number of amidine groups is 1. The predicted molar refractivity (Wildman–Crippen MR) is 48.5 cm³/mol. The number of nitrogens with two attached hydrogens (primary N) is 3. The molecule has 0 aromatic carbocycles. The highest BCUT2D eigenvalue weighted by atomic mass is 16.4. The van der Waals surface area contributed by atoms with Gasteiger partial charge in [-0.3, -0.25) is 21.9 Å². The molecular weight excluding hydrogens is 160 g/mol. The van der Waals surface area contributed by atoms with E-state index in [1.165, 1.54) is 0 Å². The topological polar surface area (TPSA) is 139 Å². The molecule has 0 unspecified atom stereocenters. The number of hydrazine groups is 1. The lowest BCUT2D eigenvalue weighted by Crippen LogP contribution is -2.07. The van der Waals surface area contributed by atoms with Crippen molar-refractivity contribution in [2.24, 2.45) is 17.4 Å². The second-order valence-electron chi connectivity index (χ2n) is 1.79. The summed E-state index contributed by atoms with van der Waals surface area (Å²) in [6.45, 7) is 3.08. The van der Waals surface area contributed by atoms with Gasteiger partial charge in [0.15, 0.2) is 0 Å². The molecule has 0 saturated carbocycles. The Morgan fingerprint density at radius 1 is 1.50 bits per heavy atom. The summed E-state index contributed by atoms with van der Waals surface area (Å²) in [4.78, 5) is 9.00. The Morgan fingerprint density at radius 2 is 1.75 bits per heavy atom. The van der Waals surface area contributed by atoms with E-state index < -0.39 is 5.97 Å². The van der Waals surface area contributed by atoms with Crippen LogP contribution in [0, 0.1) is 5.41 Å². The van der Waals surface area contributed by atoms with Gasteiger partial charge in [-0.25, -0.2) is 0 Å². The molecule has 0 spiro atoms. The molecule has 0 aromatic heterocycles. The third-order valence-electron chi connectivity index (χ3n) is 0.519. The van der Waals surface area contributed by atoms with Gasteiger partial charge in [-0.05, 0) is 6.42 Å². The average molecular weight is 178 g/mol. The highest BCUT2D eigenvalue weighted by Gasteiger charge is 1.79. The molecule has 0 bridgehead atoms. The Kier molecular flexibility index (Phi) is 23.4. The summed E-state index contributed by atoms with van der Waals surface area (Å²) in [5.41, 5.74) is 4.99. The lowest BCUT2D eigenvalue weighted by Gasteiger charge is -1.85. The molecule has 0 aromatic rings. The van der Waals surface area contributed by atoms with Crippen LogP contribution in [-0.4, -0.2) is 16.9 Å². The van der Waals surface area contributed by atoms with Gasteiger partial charge in [0.1, 0.15) is 0 Å². The van der Waals surface area contributed by atoms with Crippen LogP contribution < -0.4 is 17.4 Å². The maximum atomic E-state index is 9.00. The van der Waals surface area contributed by atoms with Crippen LogP contribution >= 0.6 is 0 Å². The molecule has 0 radical (unpaired) electrons. The van der Waals surface area contributed by atoms with Gasteiger partial charge in [-0.15, -0.1) is 0 Å². The summed E-state index contributed by atoms with van der Waals surface area (Å²) >= 11 is 0. The molecule has 0 amide bonds. The Labute approximate surface area is 72.2 Å². The van der Waals surface area contributed by atoms with Crippen LogP contribution in [0.1, 0.15) is 26.7 Å². The summed E-state index contributed by atoms with van der Waals surface area (Å²) in [6, 6.07) is 0. The average Bonchev–Trinajstić information content (AvgIpc) is 1.90. The van der Waals surface area contributed by atoms with E-state index in [0.717, 1.165) is 19.8 Å². The quantitative estimate of drug-likeness (QED) is 0.170. The first-order valence-corrected chi connectivity index (χ1v) is 3.36. The maximum absolute atomic E-state index is 9.00. The predicted octanol–water partition coefficient (Wildman–Crippen LogP) is -0.368. The highest BCUT2D eigenvalue weighted by molar-refractivity contribution is 5.76. The Bertz CT molecular complexity index is 112. The standard InChI is InChI=1S/C4H10N2.C2H4O2.H4N2/c1-2-3-4(5)6;1-2(3)4;1-2/h2-3H2,1H3,(H3,5,6);1H3,(H,3,4);1-2H2. The van der Waals surface area contributed by atoms with E-state index in [2.05, 4.69) is 11.7 Å². The number of hydrogen-bond donors (Lipinski definition) is 5. The minimum atomic E-state index is -0.833. The Morgan fingerprint density at radius 3 is 1.75 bits per heavy atom. The second kappa shape index (κ2) is 16.4. The molecule has 0 heterocycles. The van der Waals surface area contributed by atoms with E-state index in [1.54, 1.807) is 0 Å². The number of nitrogens with one attached hydrogen (secondary N) is 1. The molecule has 0 aliphatic carbocycles. The minimum absolute atomic E-state index is 0.289. The van der Waals surface area contributed by atoms with Crippen molar-refractivity contribution >= 4 is 11.8 Å². The smallest absolute Gasteiger partial charge is 0.300 e. The highest BCUT2D eigenvalue weighted by Crippen LogP contribution is 1.80.